The Morgan fingerprint density at radius 1 is 0.818 bits per heavy atom. The molecular weight excluding hydrogens is 289 g/mol. The molecule has 0 aliphatic carbocycles. The molecule has 1 nitrogen and oxygen atoms in total. The summed E-state index contributed by atoms with van der Waals surface area (Å²) in [6, 6.07) is 18.4. The standard InChI is InChI=1S/C18H13F3O/c19-18(20,21)15-8-4-7-14(12-15)17-10-9-16(22-17)11-13-5-2-1-3-6-13/h1-10,12H,11H2. The van der Waals surface area contributed by atoms with E-state index in [0.29, 0.717) is 17.7 Å². The molecule has 0 amide bonds. The van der Waals surface area contributed by atoms with E-state index in [2.05, 4.69) is 0 Å². The van der Waals surface area contributed by atoms with E-state index in [4.69, 9.17) is 4.42 Å². The van der Waals surface area contributed by atoms with E-state index in [1.165, 1.54) is 6.07 Å². The van der Waals surface area contributed by atoms with Crippen molar-refractivity contribution in [3.63, 3.8) is 0 Å². The number of hydrogen-bond acceptors (Lipinski definition) is 1. The summed E-state index contributed by atoms with van der Waals surface area (Å²) in [4.78, 5) is 0. The summed E-state index contributed by atoms with van der Waals surface area (Å²) in [6.07, 6.45) is -3.74. The molecular formula is C18H13F3O. The van der Waals surface area contributed by atoms with Gasteiger partial charge in [0.2, 0.25) is 0 Å². The van der Waals surface area contributed by atoms with Crippen LogP contribution in [0.1, 0.15) is 16.9 Å². The summed E-state index contributed by atoms with van der Waals surface area (Å²) in [5.74, 6) is 1.16. The highest BCUT2D eigenvalue weighted by molar-refractivity contribution is 5.59. The van der Waals surface area contributed by atoms with Gasteiger partial charge in [-0.2, -0.15) is 13.2 Å². The van der Waals surface area contributed by atoms with Crippen molar-refractivity contribution in [2.24, 2.45) is 0 Å². The first-order chi connectivity index (χ1) is 10.5. The minimum Gasteiger partial charge on any atom is -0.461 e. The van der Waals surface area contributed by atoms with Gasteiger partial charge in [0.05, 0.1) is 5.56 Å². The molecule has 0 unspecified atom stereocenters. The van der Waals surface area contributed by atoms with Gasteiger partial charge in [0.15, 0.2) is 0 Å². The van der Waals surface area contributed by atoms with Gasteiger partial charge < -0.3 is 4.42 Å². The first-order valence-electron chi connectivity index (χ1n) is 6.83. The van der Waals surface area contributed by atoms with E-state index in [-0.39, 0.29) is 0 Å². The fraction of sp³-hybridized carbons (Fsp3) is 0.111. The van der Waals surface area contributed by atoms with Crippen LogP contribution in [0, 0.1) is 0 Å². The number of hydrogen-bond donors (Lipinski definition) is 0. The van der Waals surface area contributed by atoms with Gasteiger partial charge in [-0.1, -0.05) is 42.5 Å². The lowest BCUT2D eigenvalue weighted by atomic mass is 10.1. The Bertz CT molecular complexity index is 757. The molecule has 0 atom stereocenters. The smallest absolute Gasteiger partial charge is 0.416 e. The van der Waals surface area contributed by atoms with Crippen LogP contribution < -0.4 is 0 Å². The molecule has 0 N–H and O–H groups in total. The van der Waals surface area contributed by atoms with Crippen molar-refractivity contribution in [1.29, 1.82) is 0 Å². The van der Waals surface area contributed by atoms with Crippen LogP contribution >= 0.6 is 0 Å². The van der Waals surface area contributed by atoms with Crippen LogP contribution in [0.25, 0.3) is 11.3 Å². The highest BCUT2D eigenvalue weighted by Crippen LogP contribution is 2.32. The summed E-state index contributed by atoms with van der Waals surface area (Å²) < 4.78 is 43.9. The molecule has 0 aliphatic rings. The summed E-state index contributed by atoms with van der Waals surface area (Å²) in [5, 5.41) is 0. The quantitative estimate of drug-likeness (QED) is 0.617. The summed E-state index contributed by atoms with van der Waals surface area (Å²) >= 11 is 0. The van der Waals surface area contributed by atoms with Gasteiger partial charge in [0.1, 0.15) is 11.5 Å². The average molecular weight is 302 g/mol. The zero-order valence-electron chi connectivity index (χ0n) is 11.6. The lowest BCUT2D eigenvalue weighted by Crippen LogP contribution is -2.04. The first-order valence-corrected chi connectivity index (χ1v) is 6.83. The molecule has 3 aromatic rings. The first kappa shape index (κ1) is 14.4. The maximum Gasteiger partial charge on any atom is 0.416 e. The molecule has 0 radical (unpaired) electrons. The second kappa shape index (κ2) is 5.72. The number of furan rings is 1. The Morgan fingerprint density at radius 3 is 2.32 bits per heavy atom. The Morgan fingerprint density at radius 2 is 1.59 bits per heavy atom. The molecule has 4 heteroatoms. The maximum absolute atomic E-state index is 12.7. The maximum atomic E-state index is 12.7. The van der Waals surface area contributed by atoms with Crippen molar-refractivity contribution in [2.45, 2.75) is 12.6 Å². The van der Waals surface area contributed by atoms with E-state index in [0.717, 1.165) is 23.5 Å². The van der Waals surface area contributed by atoms with E-state index in [1.807, 2.05) is 30.3 Å². The van der Waals surface area contributed by atoms with Crippen molar-refractivity contribution < 1.29 is 17.6 Å². The predicted octanol–water partition coefficient (Wildman–Crippen LogP) is 5.56. The molecule has 0 saturated carbocycles. The monoisotopic (exact) mass is 302 g/mol. The lowest BCUT2D eigenvalue weighted by molar-refractivity contribution is -0.137. The number of rotatable bonds is 3. The van der Waals surface area contributed by atoms with Gasteiger partial charge in [0.25, 0.3) is 0 Å². The van der Waals surface area contributed by atoms with Gasteiger partial charge in [-0.25, -0.2) is 0 Å². The molecule has 3 rings (SSSR count). The molecule has 0 saturated heterocycles. The van der Waals surface area contributed by atoms with Crippen molar-refractivity contribution in [2.75, 3.05) is 0 Å². The second-order valence-electron chi connectivity index (χ2n) is 5.01. The van der Waals surface area contributed by atoms with Crippen LogP contribution in [0.3, 0.4) is 0 Å². The third kappa shape index (κ3) is 3.22. The minimum absolute atomic E-state index is 0.425. The summed E-state index contributed by atoms with van der Waals surface area (Å²) in [5.41, 5.74) is 0.840. The van der Waals surface area contributed by atoms with Crippen LogP contribution in [0.5, 0.6) is 0 Å². The van der Waals surface area contributed by atoms with Crippen LogP contribution in [0.4, 0.5) is 13.2 Å². The second-order valence-corrected chi connectivity index (χ2v) is 5.01. The van der Waals surface area contributed by atoms with Crippen molar-refractivity contribution >= 4 is 0 Å². The zero-order valence-corrected chi connectivity index (χ0v) is 11.6. The lowest BCUT2D eigenvalue weighted by Gasteiger charge is -2.07. The van der Waals surface area contributed by atoms with Crippen molar-refractivity contribution in [3.8, 4) is 11.3 Å². The molecule has 0 aliphatic heterocycles. The molecule has 1 heterocycles. The third-order valence-electron chi connectivity index (χ3n) is 3.36. The minimum atomic E-state index is -4.35. The predicted molar refractivity (Wildman–Crippen MR) is 78.4 cm³/mol. The van der Waals surface area contributed by atoms with Gasteiger partial charge >= 0.3 is 6.18 Å². The number of alkyl halides is 3. The SMILES string of the molecule is FC(F)(F)c1cccc(-c2ccc(Cc3ccccc3)o2)c1. The van der Waals surface area contributed by atoms with Crippen LogP contribution in [-0.2, 0) is 12.6 Å². The Labute approximate surface area is 126 Å². The van der Waals surface area contributed by atoms with Crippen LogP contribution in [0.15, 0.2) is 71.1 Å². The average Bonchev–Trinajstić information content (AvgIpc) is 2.96. The number of benzene rings is 2. The van der Waals surface area contributed by atoms with Gasteiger partial charge in [-0.05, 0) is 29.8 Å². The third-order valence-corrected chi connectivity index (χ3v) is 3.36. The van der Waals surface area contributed by atoms with E-state index < -0.39 is 11.7 Å². The van der Waals surface area contributed by atoms with E-state index in [9.17, 15) is 13.2 Å². The zero-order chi connectivity index (χ0) is 15.6. The fourth-order valence-corrected chi connectivity index (χ4v) is 2.27. The summed E-state index contributed by atoms with van der Waals surface area (Å²) in [6.45, 7) is 0. The molecule has 2 aromatic carbocycles. The Kier molecular flexibility index (Phi) is 3.75. The molecule has 0 bridgehead atoms. The topological polar surface area (TPSA) is 13.1 Å². The molecule has 112 valence electrons. The van der Waals surface area contributed by atoms with Crippen molar-refractivity contribution in [1.82, 2.24) is 0 Å². The normalized spacial score (nSPS) is 11.6. The van der Waals surface area contributed by atoms with Crippen molar-refractivity contribution in [3.05, 3.63) is 83.6 Å². The highest BCUT2D eigenvalue weighted by atomic mass is 19.4. The van der Waals surface area contributed by atoms with E-state index >= 15 is 0 Å². The Hall–Kier alpha value is -2.49. The molecule has 0 fully saturated rings. The molecule has 0 spiro atoms. The molecule has 1 aromatic heterocycles. The van der Waals surface area contributed by atoms with E-state index in [1.54, 1.807) is 18.2 Å². The number of halogens is 3. The van der Waals surface area contributed by atoms with Crippen LogP contribution in [0.2, 0.25) is 0 Å². The van der Waals surface area contributed by atoms with Crippen LogP contribution in [-0.4, -0.2) is 0 Å². The van der Waals surface area contributed by atoms with Gasteiger partial charge in [-0.3, -0.25) is 0 Å². The highest BCUT2D eigenvalue weighted by Gasteiger charge is 2.30. The van der Waals surface area contributed by atoms with Gasteiger partial charge in [-0.15, -0.1) is 0 Å². The molecule has 22 heavy (non-hydrogen) atoms. The largest absolute Gasteiger partial charge is 0.461 e. The van der Waals surface area contributed by atoms with Gasteiger partial charge in [0, 0.05) is 12.0 Å². The Balaban J connectivity index is 1.85. The fourth-order valence-electron chi connectivity index (χ4n) is 2.27. The summed E-state index contributed by atoms with van der Waals surface area (Å²) in [7, 11) is 0.